The summed E-state index contributed by atoms with van der Waals surface area (Å²) in [5.74, 6) is 0.411. The zero-order valence-corrected chi connectivity index (χ0v) is 11.6. The fourth-order valence-electron chi connectivity index (χ4n) is 1.60. The van der Waals surface area contributed by atoms with Crippen molar-refractivity contribution in [3.63, 3.8) is 0 Å². The zero-order valence-electron chi connectivity index (χ0n) is 9.96. The predicted octanol–water partition coefficient (Wildman–Crippen LogP) is 1.33. The average Bonchev–Trinajstić information content (AvgIpc) is 2.38. The third-order valence-electron chi connectivity index (χ3n) is 2.50. The van der Waals surface area contributed by atoms with Gasteiger partial charge in [-0.25, -0.2) is 0 Å². The molecule has 0 radical (unpaired) electrons. The van der Waals surface area contributed by atoms with E-state index in [-0.39, 0.29) is 14.7 Å². The van der Waals surface area contributed by atoms with Crippen LogP contribution in [0.25, 0.3) is 0 Å². The lowest BCUT2D eigenvalue weighted by Gasteiger charge is -2.23. The van der Waals surface area contributed by atoms with Gasteiger partial charge in [0, 0.05) is 0 Å². The van der Waals surface area contributed by atoms with Crippen LogP contribution in [0.1, 0.15) is 17.7 Å². The molecule has 0 aliphatic carbocycles. The number of carbonyl (C=O) groups excluding carboxylic acids is 1. The van der Waals surface area contributed by atoms with Crippen molar-refractivity contribution >= 4 is 26.6 Å². The Morgan fingerprint density at radius 1 is 1.47 bits per heavy atom. The molecule has 0 heterocycles. The maximum atomic E-state index is 11.6. The number of carbonyl (C=O) groups is 1. The van der Waals surface area contributed by atoms with Gasteiger partial charge in [0.25, 0.3) is 0 Å². The van der Waals surface area contributed by atoms with Gasteiger partial charge in [-0.15, -0.1) is 9.45 Å². The molecule has 1 aromatic rings. The van der Waals surface area contributed by atoms with Crippen LogP contribution in [-0.4, -0.2) is 24.9 Å². The first-order chi connectivity index (χ1) is 8.11. The number of rotatable bonds is 5. The van der Waals surface area contributed by atoms with E-state index in [0.717, 1.165) is 11.3 Å². The number of ether oxygens (including phenoxy) is 1. The van der Waals surface area contributed by atoms with Crippen molar-refractivity contribution in [2.45, 2.75) is 18.2 Å². The lowest BCUT2D eigenvalue weighted by molar-refractivity contribution is -0.142. The number of methoxy groups -OCH3 is 1. The molecule has 0 aromatic heterocycles. The number of benzene rings is 1. The van der Waals surface area contributed by atoms with Crippen molar-refractivity contribution in [2.24, 2.45) is 5.73 Å². The van der Waals surface area contributed by atoms with Gasteiger partial charge in [-0.2, -0.15) is 0 Å². The highest BCUT2D eigenvalue weighted by Crippen LogP contribution is 2.24. The molecule has 1 aromatic carbocycles. The SMILES string of the molecule is CCS(=S)C(c1ccccc1)[C@H](N)C(=O)OC. The highest BCUT2D eigenvalue weighted by Gasteiger charge is 2.28. The van der Waals surface area contributed by atoms with Crippen molar-refractivity contribution in [3.8, 4) is 0 Å². The highest BCUT2D eigenvalue weighted by molar-refractivity contribution is 8.29. The van der Waals surface area contributed by atoms with E-state index >= 15 is 0 Å². The molecule has 5 heteroatoms. The van der Waals surface area contributed by atoms with Crippen molar-refractivity contribution < 1.29 is 9.53 Å². The summed E-state index contributed by atoms with van der Waals surface area (Å²) in [5, 5.41) is -0.149. The van der Waals surface area contributed by atoms with Gasteiger partial charge in [0.2, 0.25) is 0 Å². The molecule has 3 nitrogen and oxygen atoms in total. The smallest absolute Gasteiger partial charge is 0.324 e. The molecule has 0 aliphatic heterocycles. The number of hydrogen-bond acceptors (Lipinski definition) is 4. The van der Waals surface area contributed by atoms with Gasteiger partial charge < -0.3 is 10.5 Å². The van der Waals surface area contributed by atoms with Crippen LogP contribution < -0.4 is 5.73 Å². The molecule has 0 amide bonds. The highest BCUT2D eigenvalue weighted by atomic mass is 32.8. The Bertz CT molecular complexity index is 395. The van der Waals surface area contributed by atoms with Crippen LogP contribution in [0.4, 0.5) is 0 Å². The van der Waals surface area contributed by atoms with Gasteiger partial charge >= 0.3 is 5.97 Å². The van der Waals surface area contributed by atoms with Crippen LogP contribution >= 0.6 is 0 Å². The zero-order chi connectivity index (χ0) is 12.8. The number of esters is 1. The predicted molar refractivity (Wildman–Crippen MR) is 74.4 cm³/mol. The fourth-order valence-corrected chi connectivity index (χ4v) is 3.56. The Balaban J connectivity index is 3.05. The van der Waals surface area contributed by atoms with Crippen LogP contribution in [0.3, 0.4) is 0 Å². The van der Waals surface area contributed by atoms with Crippen LogP contribution in [0.15, 0.2) is 30.3 Å². The third kappa shape index (κ3) is 3.59. The van der Waals surface area contributed by atoms with E-state index < -0.39 is 12.0 Å². The number of nitrogens with two attached hydrogens (primary N) is 1. The number of hydrogen-bond donors (Lipinski definition) is 1. The van der Waals surface area contributed by atoms with Crippen molar-refractivity contribution in [3.05, 3.63) is 35.9 Å². The molecular weight excluding hydrogens is 254 g/mol. The molecule has 3 atom stereocenters. The first-order valence-corrected chi connectivity index (χ1v) is 7.75. The van der Waals surface area contributed by atoms with Crippen molar-refractivity contribution in [2.75, 3.05) is 12.9 Å². The van der Waals surface area contributed by atoms with E-state index in [9.17, 15) is 4.79 Å². The molecule has 0 bridgehead atoms. The van der Waals surface area contributed by atoms with Gasteiger partial charge in [-0.05, 0) is 11.3 Å². The first-order valence-electron chi connectivity index (χ1n) is 5.37. The topological polar surface area (TPSA) is 52.3 Å². The fraction of sp³-hybridized carbons (Fsp3) is 0.417. The molecule has 1 rings (SSSR count). The van der Waals surface area contributed by atoms with Crippen molar-refractivity contribution in [1.82, 2.24) is 0 Å². The lowest BCUT2D eigenvalue weighted by Crippen LogP contribution is -2.39. The summed E-state index contributed by atoms with van der Waals surface area (Å²) >= 11 is 5.43. The molecule has 0 saturated heterocycles. The van der Waals surface area contributed by atoms with E-state index in [1.807, 2.05) is 37.3 Å². The van der Waals surface area contributed by atoms with E-state index in [4.69, 9.17) is 21.7 Å². The summed E-state index contributed by atoms with van der Waals surface area (Å²) < 4.78 is 4.70. The van der Waals surface area contributed by atoms with Gasteiger partial charge in [-0.3, -0.25) is 4.79 Å². The Hall–Kier alpha value is -0.780. The Morgan fingerprint density at radius 2 is 2.06 bits per heavy atom. The van der Waals surface area contributed by atoms with Crippen LogP contribution in [0.5, 0.6) is 0 Å². The summed E-state index contributed by atoms with van der Waals surface area (Å²) in [6, 6.07) is 8.99. The third-order valence-corrected chi connectivity index (χ3v) is 5.53. The second kappa shape index (κ2) is 6.83. The van der Waals surface area contributed by atoms with Gasteiger partial charge in [0.1, 0.15) is 6.04 Å². The molecule has 0 spiro atoms. The molecule has 0 saturated carbocycles. The second-order valence-electron chi connectivity index (χ2n) is 3.55. The van der Waals surface area contributed by atoms with Crippen LogP contribution in [-0.2, 0) is 30.2 Å². The van der Waals surface area contributed by atoms with Gasteiger partial charge in [-0.1, -0.05) is 48.4 Å². The first kappa shape index (κ1) is 14.3. The standard InChI is InChI=1S/C12H17NO2S2/c1-3-17(16)11(10(13)12(14)15-2)9-7-5-4-6-8-9/h4-8,10-11H,3,13H2,1-2H3/t10-,11?,17?/m0/s1. The Morgan fingerprint density at radius 3 is 2.53 bits per heavy atom. The largest absolute Gasteiger partial charge is 0.468 e. The van der Waals surface area contributed by atoms with Gasteiger partial charge in [0.05, 0.1) is 12.4 Å². The summed E-state index contributed by atoms with van der Waals surface area (Å²) in [6.07, 6.45) is 0. The monoisotopic (exact) mass is 271 g/mol. The van der Waals surface area contributed by atoms with E-state index in [1.165, 1.54) is 7.11 Å². The van der Waals surface area contributed by atoms with Crippen LogP contribution in [0, 0.1) is 0 Å². The molecule has 2 unspecified atom stereocenters. The summed E-state index contributed by atoms with van der Waals surface area (Å²) in [6.45, 7) is 2.01. The minimum absolute atomic E-state index is 0.149. The maximum absolute atomic E-state index is 11.6. The van der Waals surface area contributed by atoms with Gasteiger partial charge in [0.15, 0.2) is 0 Å². The normalized spacial score (nSPS) is 15.9. The maximum Gasteiger partial charge on any atom is 0.324 e. The molecule has 94 valence electrons. The van der Waals surface area contributed by atoms with E-state index in [1.54, 1.807) is 0 Å². The molecule has 2 N–H and O–H groups in total. The van der Waals surface area contributed by atoms with Crippen LogP contribution in [0.2, 0.25) is 0 Å². The quantitative estimate of drug-likeness (QED) is 0.821. The minimum atomic E-state index is -0.691. The summed E-state index contributed by atoms with van der Waals surface area (Å²) in [7, 11) is 0.984. The molecule has 17 heavy (non-hydrogen) atoms. The van der Waals surface area contributed by atoms with E-state index in [2.05, 4.69) is 0 Å². The second-order valence-corrected chi connectivity index (χ2v) is 6.68. The summed E-state index contributed by atoms with van der Waals surface area (Å²) in [5.41, 5.74) is 6.95. The minimum Gasteiger partial charge on any atom is -0.468 e. The summed E-state index contributed by atoms with van der Waals surface area (Å²) in [4.78, 5) is 11.6. The Kier molecular flexibility index (Phi) is 5.74. The molecule has 0 aliphatic rings. The average molecular weight is 271 g/mol. The lowest BCUT2D eigenvalue weighted by atomic mass is 10.1. The van der Waals surface area contributed by atoms with E-state index in [0.29, 0.717) is 0 Å². The van der Waals surface area contributed by atoms with Crippen molar-refractivity contribution in [1.29, 1.82) is 0 Å². The molecule has 0 fully saturated rings. The Labute approximate surface area is 109 Å². The molecular formula is C12H17NO2S2.